The van der Waals surface area contributed by atoms with E-state index in [1.807, 2.05) is 0 Å². The van der Waals surface area contributed by atoms with E-state index >= 15 is 0 Å². The van der Waals surface area contributed by atoms with Crippen molar-refractivity contribution in [2.45, 2.75) is 33.0 Å². The Bertz CT molecular complexity index is 627. The molecule has 0 saturated heterocycles. The van der Waals surface area contributed by atoms with E-state index in [1.54, 1.807) is 20.8 Å². The van der Waals surface area contributed by atoms with Crippen LogP contribution in [0.1, 0.15) is 31.9 Å². The minimum absolute atomic E-state index is 0.190. The van der Waals surface area contributed by atoms with Gasteiger partial charge < -0.3 is 5.11 Å². The molecule has 0 heterocycles. The van der Waals surface area contributed by atoms with E-state index in [1.165, 1.54) is 12.1 Å². The van der Waals surface area contributed by atoms with E-state index in [4.69, 9.17) is 0 Å². The summed E-state index contributed by atoms with van der Waals surface area (Å²) in [6, 6.07) is 2.73. The molecule has 0 aliphatic heterocycles. The number of nitrogens with zero attached hydrogens (tertiary/aromatic N) is 1. The van der Waals surface area contributed by atoms with Gasteiger partial charge in [-0.2, -0.15) is 13.2 Å². The number of carbonyl (C=O) groups is 2. The first-order valence-corrected chi connectivity index (χ1v) is 7.42. The second-order valence-corrected chi connectivity index (χ2v) is 6.20. The molecule has 0 aromatic heterocycles. The number of hydrogen-bond donors (Lipinski definition) is 1. The lowest BCUT2D eigenvalue weighted by Crippen LogP contribution is -2.32. The minimum atomic E-state index is -4.67. The molecular weight excluding hydrogens is 331 g/mol. The standard InChI is InChI=1S/C15H16F3NO3S/c1-9(2)19(8-20)14(22)23-10(3)6-11-4-5-13(21)12(7-11)15(16,17)18/h4-9,21H,1-3H3/b10-6-. The predicted octanol–water partition coefficient (Wildman–Crippen LogP) is 4.49. The first-order valence-electron chi connectivity index (χ1n) is 6.60. The summed E-state index contributed by atoms with van der Waals surface area (Å²) >= 11 is 0.746. The maximum absolute atomic E-state index is 12.7. The third-order valence-electron chi connectivity index (χ3n) is 2.82. The lowest BCUT2D eigenvalue weighted by atomic mass is 10.1. The van der Waals surface area contributed by atoms with Crippen molar-refractivity contribution in [3.8, 4) is 5.75 Å². The highest BCUT2D eigenvalue weighted by Crippen LogP contribution is 2.36. The zero-order valence-corrected chi connectivity index (χ0v) is 13.5. The molecule has 0 bridgehead atoms. The number of halogens is 3. The fourth-order valence-electron chi connectivity index (χ4n) is 1.70. The lowest BCUT2D eigenvalue weighted by Gasteiger charge is -2.18. The third-order valence-corrected chi connectivity index (χ3v) is 3.65. The van der Waals surface area contributed by atoms with Crippen LogP contribution in [0.25, 0.3) is 6.08 Å². The lowest BCUT2D eigenvalue weighted by molar-refractivity contribution is -0.138. The second kappa shape index (κ2) is 7.54. The summed E-state index contributed by atoms with van der Waals surface area (Å²) in [5.41, 5.74) is -0.956. The molecule has 126 valence electrons. The van der Waals surface area contributed by atoms with Crippen molar-refractivity contribution in [1.29, 1.82) is 0 Å². The number of rotatable bonds is 4. The Morgan fingerprint density at radius 3 is 2.43 bits per heavy atom. The van der Waals surface area contributed by atoms with Gasteiger partial charge in [0.2, 0.25) is 6.41 Å². The van der Waals surface area contributed by atoms with Gasteiger partial charge in [-0.25, -0.2) is 0 Å². The Morgan fingerprint density at radius 2 is 1.96 bits per heavy atom. The number of allylic oxidation sites excluding steroid dienone is 1. The van der Waals surface area contributed by atoms with Crippen LogP contribution in [0.4, 0.5) is 18.0 Å². The normalized spacial score (nSPS) is 12.4. The van der Waals surface area contributed by atoms with Crippen molar-refractivity contribution >= 4 is 29.5 Å². The molecule has 2 amide bonds. The molecule has 0 saturated carbocycles. The summed E-state index contributed by atoms with van der Waals surface area (Å²) in [7, 11) is 0. The SMILES string of the molecule is C/C(=C/c1ccc(O)c(C(F)(F)F)c1)SC(=O)N(C=O)C(C)C. The smallest absolute Gasteiger partial charge is 0.419 e. The molecule has 0 aliphatic rings. The monoisotopic (exact) mass is 347 g/mol. The fraction of sp³-hybridized carbons (Fsp3) is 0.333. The molecule has 8 heteroatoms. The molecule has 0 fully saturated rings. The van der Waals surface area contributed by atoms with Crippen LogP contribution in [0, 0.1) is 0 Å². The van der Waals surface area contributed by atoms with Crippen LogP contribution >= 0.6 is 11.8 Å². The Labute approximate surface area is 136 Å². The molecule has 23 heavy (non-hydrogen) atoms. The Balaban J connectivity index is 2.99. The Hall–Kier alpha value is -1.96. The van der Waals surface area contributed by atoms with E-state index in [2.05, 4.69) is 0 Å². The third kappa shape index (κ3) is 5.31. The summed E-state index contributed by atoms with van der Waals surface area (Å²) in [6.45, 7) is 4.88. The van der Waals surface area contributed by atoms with E-state index < -0.39 is 22.7 Å². The molecule has 1 aromatic carbocycles. The number of alkyl halides is 3. The summed E-state index contributed by atoms with van der Waals surface area (Å²) in [5.74, 6) is -0.858. The number of imide groups is 1. The second-order valence-electron chi connectivity index (χ2n) is 5.00. The minimum Gasteiger partial charge on any atom is -0.507 e. The first kappa shape index (κ1) is 19.1. The largest absolute Gasteiger partial charge is 0.507 e. The first-order chi connectivity index (χ1) is 10.6. The van der Waals surface area contributed by atoms with E-state index in [-0.39, 0.29) is 11.6 Å². The van der Waals surface area contributed by atoms with Gasteiger partial charge in [0.05, 0.1) is 5.56 Å². The number of carbonyl (C=O) groups excluding carboxylic acids is 2. The average Bonchev–Trinajstić information content (AvgIpc) is 2.39. The maximum Gasteiger partial charge on any atom is 0.419 e. The van der Waals surface area contributed by atoms with Crippen LogP contribution in [0.5, 0.6) is 5.75 Å². The molecule has 1 rings (SSSR count). The Kier molecular flexibility index (Phi) is 6.26. The number of phenols is 1. The highest BCUT2D eigenvalue weighted by atomic mass is 32.2. The van der Waals surface area contributed by atoms with Crippen molar-refractivity contribution < 1.29 is 27.9 Å². The van der Waals surface area contributed by atoms with Crippen molar-refractivity contribution in [3.63, 3.8) is 0 Å². The van der Waals surface area contributed by atoms with Gasteiger partial charge in [-0.3, -0.25) is 14.5 Å². The van der Waals surface area contributed by atoms with E-state index in [0.717, 1.165) is 28.8 Å². The zero-order valence-electron chi connectivity index (χ0n) is 12.7. The number of amides is 2. The van der Waals surface area contributed by atoms with Gasteiger partial charge in [-0.05, 0) is 61.2 Å². The summed E-state index contributed by atoms with van der Waals surface area (Å²) in [4.78, 5) is 24.1. The predicted molar refractivity (Wildman–Crippen MR) is 82.8 cm³/mol. The number of thioether (sulfide) groups is 1. The summed E-state index contributed by atoms with van der Waals surface area (Å²) in [5, 5.41) is 8.76. The van der Waals surface area contributed by atoms with E-state index in [0.29, 0.717) is 11.3 Å². The number of phenolic OH excluding ortho intramolecular Hbond substituents is 1. The molecule has 0 spiro atoms. The fourth-order valence-corrected chi connectivity index (χ4v) is 2.53. The van der Waals surface area contributed by atoms with Gasteiger partial charge in [-0.15, -0.1) is 0 Å². The number of benzene rings is 1. The van der Waals surface area contributed by atoms with Crippen molar-refractivity contribution in [2.24, 2.45) is 0 Å². The topological polar surface area (TPSA) is 57.6 Å². The molecule has 0 atom stereocenters. The van der Waals surface area contributed by atoms with Crippen LogP contribution in [0.15, 0.2) is 23.1 Å². The van der Waals surface area contributed by atoms with Gasteiger partial charge in [0.1, 0.15) is 5.75 Å². The van der Waals surface area contributed by atoms with Crippen molar-refractivity contribution in [2.75, 3.05) is 0 Å². The average molecular weight is 347 g/mol. The molecule has 0 aliphatic carbocycles. The molecule has 0 unspecified atom stereocenters. The van der Waals surface area contributed by atoms with Gasteiger partial charge in [-0.1, -0.05) is 6.07 Å². The molecule has 1 N–H and O–H groups in total. The summed E-state index contributed by atoms with van der Waals surface area (Å²) in [6.07, 6.45) is -2.88. The van der Waals surface area contributed by atoms with Gasteiger partial charge in [0, 0.05) is 6.04 Å². The molecule has 4 nitrogen and oxygen atoms in total. The Morgan fingerprint density at radius 1 is 1.35 bits per heavy atom. The van der Waals surface area contributed by atoms with Crippen molar-refractivity contribution in [3.05, 3.63) is 34.2 Å². The molecule has 1 aromatic rings. The van der Waals surface area contributed by atoms with Gasteiger partial charge >= 0.3 is 6.18 Å². The number of hydrogen-bond acceptors (Lipinski definition) is 4. The molecule has 0 radical (unpaired) electrons. The summed E-state index contributed by atoms with van der Waals surface area (Å²) < 4.78 is 38.2. The van der Waals surface area contributed by atoms with Gasteiger partial charge in [0.15, 0.2) is 0 Å². The van der Waals surface area contributed by atoms with Crippen LogP contribution < -0.4 is 0 Å². The highest BCUT2D eigenvalue weighted by Gasteiger charge is 2.33. The van der Waals surface area contributed by atoms with Crippen LogP contribution in [0.3, 0.4) is 0 Å². The van der Waals surface area contributed by atoms with Crippen LogP contribution in [0.2, 0.25) is 0 Å². The van der Waals surface area contributed by atoms with Gasteiger partial charge in [0.25, 0.3) is 5.24 Å². The maximum atomic E-state index is 12.7. The zero-order chi connectivity index (χ0) is 17.8. The molecular formula is C15H16F3NO3S. The van der Waals surface area contributed by atoms with Crippen LogP contribution in [-0.2, 0) is 11.0 Å². The van der Waals surface area contributed by atoms with E-state index in [9.17, 15) is 27.9 Å². The quantitative estimate of drug-likeness (QED) is 0.815. The highest BCUT2D eigenvalue weighted by molar-refractivity contribution is 8.16. The number of aromatic hydroxyl groups is 1. The van der Waals surface area contributed by atoms with Crippen LogP contribution in [-0.4, -0.2) is 27.7 Å². The van der Waals surface area contributed by atoms with Crippen molar-refractivity contribution in [1.82, 2.24) is 4.90 Å².